The molecule has 0 bridgehead atoms. The lowest BCUT2D eigenvalue weighted by Crippen LogP contribution is -2.40. The zero-order valence-corrected chi connectivity index (χ0v) is 14.1. The van der Waals surface area contributed by atoms with Gasteiger partial charge in [-0.05, 0) is 44.4 Å². The largest absolute Gasteiger partial charge is 0.353 e. The first-order valence-electron chi connectivity index (χ1n) is 8.41. The van der Waals surface area contributed by atoms with Crippen molar-refractivity contribution in [3.63, 3.8) is 0 Å². The van der Waals surface area contributed by atoms with Gasteiger partial charge in [0.15, 0.2) is 11.6 Å². The molecule has 24 heavy (non-hydrogen) atoms. The quantitative estimate of drug-likeness (QED) is 0.837. The minimum absolute atomic E-state index is 0.0152. The van der Waals surface area contributed by atoms with Crippen LogP contribution in [0.4, 0.5) is 8.78 Å². The second-order valence-electron chi connectivity index (χ2n) is 6.56. The lowest BCUT2D eigenvalue weighted by molar-refractivity contribution is -0.126. The van der Waals surface area contributed by atoms with E-state index in [1.54, 1.807) is 13.8 Å². The van der Waals surface area contributed by atoms with Crippen molar-refractivity contribution in [1.29, 1.82) is 0 Å². The van der Waals surface area contributed by atoms with E-state index in [1.807, 2.05) is 0 Å². The summed E-state index contributed by atoms with van der Waals surface area (Å²) in [6.07, 6.45) is 4.14. The minimum atomic E-state index is -0.939. The number of carbonyl (C=O) groups excluding carboxylic acids is 2. The summed E-state index contributed by atoms with van der Waals surface area (Å²) in [5.74, 6) is -2.02. The lowest BCUT2D eigenvalue weighted by atomic mass is 10.1. The monoisotopic (exact) mass is 338 g/mol. The van der Waals surface area contributed by atoms with E-state index in [0.29, 0.717) is 5.56 Å². The molecule has 0 radical (unpaired) electrons. The molecule has 2 N–H and O–H groups in total. The van der Waals surface area contributed by atoms with Gasteiger partial charge in [-0.2, -0.15) is 0 Å². The van der Waals surface area contributed by atoms with E-state index in [9.17, 15) is 18.4 Å². The predicted molar refractivity (Wildman–Crippen MR) is 87.1 cm³/mol. The maximum atomic E-state index is 13.2. The Balaban J connectivity index is 1.80. The van der Waals surface area contributed by atoms with E-state index in [2.05, 4.69) is 10.6 Å². The van der Waals surface area contributed by atoms with Crippen molar-refractivity contribution in [2.45, 2.75) is 58.0 Å². The van der Waals surface area contributed by atoms with Crippen molar-refractivity contribution in [2.75, 3.05) is 0 Å². The first kappa shape index (κ1) is 18.4. The van der Waals surface area contributed by atoms with Crippen LogP contribution in [0.2, 0.25) is 0 Å². The van der Waals surface area contributed by atoms with Crippen LogP contribution >= 0.6 is 0 Å². The highest BCUT2D eigenvalue weighted by atomic mass is 19.2. The summed E-state index contributed by atoms with van der Waals surface area (Å²) in [5.41, 5.74) is 0.491. The Hall–Kier alpha value is -1.98. The van der Waals surface area contributed by atoms with Crippen molar-refractivity contribution >= 4 is 11.8 Å². The molecule has 132 valence electrons. The van der Waals surface area contributed by atoms with E-state index in [4.69, 9.17) is 0 Å². The SMILES string of the molecule is CC(CC(=O)NC(C)c1ccc(F)c(F)c1)NC(=O)C1CCCC1. The van der Waals surface area contributed by atoms with Crippen molar-refractivity contribution in [3.05, 3.63) is 35.4 Å². The fraction of sp³-hybridized carbons (Fsp3) is 0.556. The van der Waals surface area contributed by atoms with Gasteiger partial charge in [0.1, 0.15) is 0 Å². The molecule has 1 aromatic carbocycles. The van der Waals surface area contributed by atoms with Gasteiger partial charge in [0.2, 0.25) is 11.8 Å². The first-order valence-corrected chi connectivity index (χ1v) is 8.41. The Morgan fingerprint density at radius 1 is 1.12 bits per heavy atom. The van der Waals surface area contributed by atoms with Crippen LogP contribution < -0.4 is 10.6 Å². The van der Waals surface area contributed by atoms with Crippen LogP contribution in [-0.4, -0.2) is 17.9 Å². The van der Waals surface area contributed by atoms with Gasteiger partial charge in [0.25, 0.3) is 0 Å². The Bertz CT molecular complexity index is 601. The summed E-state index contributed by atoms with van der Waals surface area (Å²) in [4.78, 5) is 24.1. The summed E-state index contributed by atoms with van der Waals surface area (Å²) in [6.45, 7) is 3.49. The molecule has 0 aromatic heterocycles. The molecule has 1 saturated carbocycles. The van der Waals surface area contributed by atoms with E-state index in [0.717, 1.165) is 37.8 Å². The van der Waals surface area contributed by atoms with Gasteiger partial charge in [-0.25, -0.2) is 8.78 Å². The number of hydrogen-bond donors (Lipinski definition) is 2. The Labute approximate surface area is 141 Å². The third kappa shape index (κ3) is 5.01. The molecule has 0 spiro atoms. The summed E-state index contributed by atoms with van der Waals surface area (Å²) >= 11 is 0. The second-order valence-corrected chi connectivity index (χ2v) is 6.56. The van der Waals surface area contributed by atoms with Crippen LogP contribution in [0.3, 0.4) is 0 Å². The van der Waals surface area contributed by atoms with Crippen molar-refractivity contribution in [3.8, 4) is 0 Å². The van der Waals surface area contributed by atoms with Gasteiger partial charge in [-0.1, -0.05) is 18.9 Å². The van der Waals surface area contributed by atoms with Crippen LogP contribution in [0.25, 0.3) is 0 Å². The Morgan fingerprint density at radius 3 is 2.42 bits per heavy atom. The normalized spacial score (nSPS) is 17.3. The van der Waals surface area contributed by atoms with Crippen LogP contribution in [-0.2, 0) is 9.59 Å². The molecule has 1 aromatic rings. The number of amides is 2. The number of hydrogen-bond acceptors (Lipinski definition) is 2. The van der Waals surface area contributed by atoms with Crippen LogP contribution in [0.15, 0.2) is 18.2 Å². The van der Waals surface area contributed by atoms with E-state index < -0.39 is 17.7 Å². The minimum Gasteiger partial charge on any atom is -0.353 e. The molecule has 0 heterocycles. The molecular formula is C18H24F2N2O2. The standard InChI is InChI=1S/C18H24F2N2O2/c1-11(21-18(24)13-5-3-4-6-13)9-17(23)22-12(2)14-7-8-15(19)16(20)10-14/h7-8,10-13H,3-6,9H2,1-2H3,(H,21,24)(H,22,23). The summed E-state index contributed by atoms with van der Waals surface area (Å²) in [5, 5.41) is 5.61. The van der Waals surface area contributed by atoms with Crippen molar-refractivity contribution in [2.24, 2.45) is 5.92 Å². The molecule has 0 aliphatic heterocycles. The lowest BCUT2D eigenvalue weighted by Gasteiger charge is -2.19. The van der Waals surface area contributed by atoms with Gasteiger partial charge >= 0.3 is 0 Å². The Morgan fingerprint density at radius 2 is 1.79 bits per heavy atom. The highest BCUT2D eigenvalue weighted by Gasteiger charge is 2.24. The molecule has 2 amide bonds. The zero-order valence-electron chi connectivity index (χ0n) is 14.1. The maximum absolute atomic E-state index is 13.2. The third-order valence-electron chi connectivity index (χ3n) is 4.43. The fourth-order valence-corrected chi connectivity index (χ4v) is 3.04. The van der Waals surface area contributed by atoms with Gasteiger partial charge in [0.05, 0.1) is 6.04 Å². The third-order valence-corrected chi connectivity index (χ3v) is 4.43. The zero-order chi connectivity index (χ0) is 17.7. The first-order chi connectivity index (χ1) is 11.4. The molecule has 2 atom stereocenters. The summed E-state index contributed by atoms with van der Waals surface area (Å²) in [7, 11) is 0. The molecule has 6 heteroatoms. The highest BCUT2D eigenvalue weighted by Crippen LogP contribution is 2.24. The van der Waals surface area contributed by atoms with Crippen LogP contribution in [0.5, 0.6) is 0 Å². The molecular weight excluding hydrogens is 314 g/mol. The van der Waals surface area contributed by atoms with E-state index in [1.165, 1.54) is 6.07 Å². The highest BCUT2D eigenvalue weighted by molar-refractivity contribution is 5.81. The Kier molecular flexibility index (Phi) is 6.29. The smallest absolute Gasteiger partial charge is 0.223 e. The summed E-state index contributed by atoms with van der Waals surface area (Å²) in [6, 6.07) is 2.85. The number of carbonyl (C=O) groups is 2. The average molecular weight is 338 g/mol. The molecule has 1 fully saturated rings. The average Bonchev–Trinajstić information content (AvgIpc) is 3.03. The van der Waals surface area contributed by atoms with Crippen LogP contribution in [0, 0.1) is 17.6 Å². The fourth-order valence-electron chi connectivity index (χ4n) is 3.04. The van der Waals surface area contributed by atoms with Gasteiger partial charge in [0, 0.05) is 18.4 Å². The molecule has 1 aliphatic carbocycles. The molecule has 2 rings (SSSR count). The molecule has 4 nitrogen and oxygen atoms in total. The van der Waals surface area contributed by atoms with Crippen molar-refractivity contribution in [1.82, 2.24) is 10.6 Å². The number of halogens is 2. The van der Waals surface area contributed by atoms with Gasteiger partial charge in [-0.3, -0.25) is 9.59 Å². The predicted octanol–water partition coefficient (Wildman–Crippen LogP) is 3.23. The molecule has 0 saturated heterocycles. The topological polar surface area (TPSA) is 58.2 Å². The number of benzene rings is 1. The summed E-state index contributed by atoms with van der Waals surface area (Å²) < 4.78 is 26.2. The van der Waals surface area contributed by atoms with E-state index >= 15 is 0 Å². The molecule has 1 aliphatic rings. The van der Waals surface area contributed by atoms with Gasteiger partial charge < -0.3 is 10.6 Å². The van der Waals surface area contributed by atoms with Gasteiger partial charge in [-0.15, -0.1) is 0 Å². The van der Waals surface area contributed by atoms with Crippen LogP contribution in [0.1, 0.15) is 57.6 Å². The number of nitrogens with one attached hydrogen (secondary N) is 2. The maximum Gasteiger partial charge on any atom is 0.223 e. The second kappa shape index (κ2) is 8.22. The molecule has 2 unspecified atom stereocenters. The van der Waals surface area contributed by atoms with E-state index in [-0.39, 0.29) is 30.2 Å². The number of rotatable bonds is 6. The van der Waals surface area contributed by atoms with Crippen molar-refractivity contribution < 1.29 is 18.4 Å².